The Morgan fingerprint density at radius 2 is 2.22 bits per heavy atom. The minimum atomic E-state index is -4.13. The van der Waals surface area contributed by atoms with Gasteiger partial charge in [-0.15, -0.1) is 0 Å². The molecule has 0 aromatic carbocycles. The minimum absolute atomic E-state index is 0.00577. The molecule has 0 radical (unpaired) electrons. The van der Waals surface area contributed by atoms with Crippen LogP contribution >= 0.6 is 12.2 Å². The summed E-state index contributed by atoms with van der Waals surface area (Å²) < 4.78 is 42.9. The highest BCUT2D eigenvalue weighted by atomic mass is 32.1. The van der Waals surface area contributed by atoms with Crippen molar-refractivity contribution in [3.8, 4) is 0 Å². The summed E-state index contributed by atoms with van der Waals surface area (Å²) in [7, 11) is 1.57. The van der Waals surface area contributed by atoms with Crippen LogP contribution in [-0.2, 0) is 4.74 Å². The van der Waals surface area contributed by atoms with E-state index in [9.17, 15) is 13.2 Å². The number of hydrogen-bond acceptors (Lipinski definition) is 2. The van der Waals surface area contributed by atoms with Crippen LogP contribution < -0.4 is 5.32 Å². The van der Waals surface area contributed by atoms with Crippen LogP contribution in [0.1, 0.15) is 19.8 Å². The molecule has 0 aromatic rings. The third-order valence-corrected chi connectivity index (χ3v) is 3.33. The Bertz CT molecular complexity index is 286. The molecule has 2 unspecified atom stereocenters. The zero-order chi connectivity index (χ0) is 13.8. The van der Waals surface area contributed by atoms with Crippen molar-refractivity contribution in [1.82, 2.24) is 10.2 Å². The van der Waals surface area contributed by atoms with E-state index in [1.165, 1.54) is 0 Å². The SMILES string of the molecule is COCC(C)NC(=S)N1CCCC(C(F)(F)F)C1. The number of likely N-dealkylation sites (tertiary alicyclic amines) is 1. The predicted octanol–water partition coefficient (Wildman–Crippen LogP) is 2.17. The molecule has 1 N–H and O–H groups in total. The van der Waals surface area contributed by atoms with E-state index in [0.717, 1.165) is 0 Å². The lowest BCUT2D eigenvalue weighted by Crippen LogP contribution is -2.50. The van der Waals surface area contributed by atoms with Gasteiger partial charge in [-0.05, 0) is 32.0 Å². The van der Waals surface area contributed by atoms with Crippen molar-refractivity contribution in [3.63, 3.8) is 0 Å². The molecule has 0 bridgehead atoms. The highest BCUT2D eigenvalue weighted by Crippen LogP contribution is 2.33. The summed E-state index contributed by atoms with van der Waals surface area (Å²) in [6, 6.07) is -0.00577. The van der Waals surface area contributed by atoms with Gasteiger partial charge in [0.2, 0.25) is 0 Å². The second-order valence-corrected chi connectivity index (χ2v) is 5.02. The number of thiocarbonyl (C=S) groups is 1. The van der Waals surface area contributed by atoms with Gasteiger partial charge in [0, 0.05) is 26.2 Å². The first-order valence-corrected chi connectivity index (χ1v) is 6.36. The highest BCUT2D eigenvalue weighted by Gasteiger charge is 2.42. The summed E-state index contributed by atoms with van der Waals surface area (Å²) in [5.74, 6) is -1.27. The van der Waals surface area contributed by atoms with E-state index in [0.29, 0.717) is 24.7 Å². The number of methoxy groups -OCH3 is 1. The Labute approximate surface area is 111 Å². The fourth-order valence-electron chi connectivity index (χ4n) is 2.02. The molecule has 18 heavy (non-hydrogen) atoms. The largest absolute Gasteiger partial charge is 0.393 e. The van der Waals surface area contributed by atoms with Crippen LogP contribution in [0.5, 0.6) is 0 Å². The molecule has 2 atom stereocenters. The molecule has 0 aromatic heterocycles. The zero-order valence-electron chi connectivity index (χ0n) is 10.6. The van der Waals surface area contributed by atoms with E-state index >= 15 is 0 Å². The quantitative estimate of drug-likeness (QED) is 0.803. The molecule has 0 spiro atoms. The molecule has 3 nitrogen and oxygen atoms in total. The summed E-state index contributed by atoms with van der Waals surface area (Å²) in [5.41, 5.74) is 0. The first kappa shape index (κ1) is 15.5. The van der Waals surface area contributed by atoms with Crippen LogP contribution in [-0.4, -0.2) is 49.0 Å². The molecule has 1 heterocycles. The van der Waals surface area contributed by atoms with E-state index in [4.69, 9.17) is 17.0 Å². The summed E-state index contributed by atoms with van der Waals surface area (Å²) in [6.07, 6.45) is -3.42. The van der Waals surface area contributed by atoms with Crippen molar-refractivity contribution in [2.45, 2.75) is 32.0 Å². The van der Waals surface area contributed by atoms with Gasteiger partial charge in [0.05, 0.1) is 12.5 Å². The summed E-state index contributed by atoms with van der Waals surface area (Å²) in [5, 5.41) is 3.37. The average molecular weight is 284 g/mol. The van der Waals surface area contributed by atoms with Crippen LogP contribution in [0.25, 0.3) is 0 Å². The van der Waals surface area contributed by atoms with Gasteiger partial charge in [0.25, 0.3) is 0 Å². The van der Waals surface area contributed by atoms with Crippen LogP contribution in [0.3, 0.4) is 0 Å². The second-order valence-electron chi connectivity index (χ2n) is 4.63. The topological polar surface area (TPSA) is 24.5 Å². The van der Waals surface area contributed by atoms with Gasteiger partial charge in [-0.1, -0.05) is 0 Å². The van der Waals surface area contributed by atoms with Gasteiger partial charge in [0.1, 0.15) is 0 Å². The van der Waals surface area contributed by atoms with E-state index in [2.05, 4.69) is 5.32 Å². The molecular weight excluding hydrogens is 265 g/mol. The molecule has 106 valence electrons. The fraction of sp³-hybridized carbons (Fsp3) is 0.909. The Kier molecular flexibility index (Phi) is 5.65. The molecule has 1 rings (SSSR count). The molecule has 1 fully saturated rings. The number of halogens is 3. The third-order valence-electron chi connectivity index (χ3n) is 2.96. The number of piperidine rings is 1. The van der Waals surface area contributed by atoms with Gasteiger partial charge in [-0.25, -0.2) is 0 Å². The Morgan fingerprint density at radius 3 is 2.78 bits per heavy atom. The van der Waals surface area contributed by atoms with Crippen molar-refractivity contribution in [3.05, 3.63) is 0 Å². The molecule has 1 aliphatic rings. The molecule has 7 heteroatoms. The minimum Gasteiger partial charge on any atom is -0.383 e. The number of ether oxygens (including phenoxy) is 1. The van der Waals surface area contributed by atoms with E-state index in [1.807, 2.05) is 6.92 Å². The molecule has 1 saturated heterocycles. The highest BCUT2D eigenvalue weighted by molar-refractivity contribution is 7.80. The Hall–Kier alpha value is -0.560. The van der Waals surface area contributed by atoms with Gasteiger partial charge >= 0.3 is 6.18 Å². The number of hydrogen-bond donors (Lipinski definition) is 1. The van der Waals surface area contributed by atoms with Crippen molar-refractivity contribution >= 4 is 17.3 Å². The van der Waals surface area contributed by atoms with E-state index in [1.54, 1.807) is 12.0 Å². The van der Waals surface area contributed by atoms with Crippen LogP contribution in [0.2, 0.25) is 0 Å². The zero-order valence-corrected chi connectivity index (χ0v) is 11.4. The lowest BCUT2D eigenvalue weighted by atomic mass is 9.98. The number of nitrogens with one attached hydrogen (secondary N) is 1. The number of alkyl halides is 3. The van der Waals surface area contributed by atoms with Gasteiger partial charge in [-0.3, -0.25) is 0 Å². The average Bonchev–Trinajstić information content (AvgIpc) is 2.28. The van der Waals surface area contributed by atoms with Crippen LogP contribution in [0.4, 0.5) is 13.2 Å². The maximum atomic E-state index is 12.7. The van der Waals surface area contributed by atoms with Crippen LogP contribution in [0.15, 0.2) is 0 Å². The van der Waals surface area contributed by atoms with Crippen molar-refractivity contribution in [2.24, 2.45) is 5.92 Å². The first-order valence-electron chi connectivity index (χ1n) is 5.95. The van der Waals surface area contributed by atoms with Gasteiger partial charge in [0.15, 0.2) is 5.11 Å². The van der Waals surface area contributed by atoms with E-state index in [-0.39, 0.29) is 19.0 Å². The second kappa shape index (κ2) is 6.56. The molecular formula is C11H19F3N2OS. The number of nitrogens with zero attached hydrogens (tertiary/aromatic N) is 1. The smallest absolute Gasteiger partial charge is 0.383 e. The van der Waals surface area contributed by atoms with Crippen molar-refractivity contribution in [2.75, 3.05) is 26.8 Å². The van der Waals surface area contributed by atoms with E-state index < -0.39 is 12.1 Å². The first-order chi connectivity index (χ1) is 8.34. The van der Waals surface area contributed by atoms with Gasteiger partial charge in [-0.2, -0.15) is 13.2 Å². The summed E-state index contributed by atoms with van der Waals surface area (Å²) in [4.78, 5) is 1.60. The number of rotatable bonds is 3. The summed E-state index contributed by atoms with van der Waals surface area (Å²) >= 11 is 5.13. The normalized spacial score (nSPS) is 22.7. The lowest BCUT2D eigenvalue weighted by molar-refractivity contribution is -0.183. The third kappa shape index (κ3) is 4.61. The lowest BCUT2D eigenvalue weighted by Gasteiger charge is -2.36. The maximum absolute atomic E-state index is 12.7. The standard InChI is InChI=1S/C11H19F3N2OS/c1-8(7-17-2)15-10(18)16-5-3-4-9(6-16)11(12,13)14/h8-9H,3-7H2,1-2H3,(H,15,18). The van der Waals surface area contributed by atoms with Gasteiger partial charge < -0.3 is 15.0 Å². The summed E-state index contributed by atoms with van der Waals surface area (Å²) in [6.45, 7) is 2.88. The molecule has 1 aliphatic heterocycles. The predicted molar refractivity (Wildman–Crippen MR) is 67.4 cm³/mol. The Morgan fingerprint density at radius 1 is 1.56 bits per heavy atom. The monoisotopic (exact) mass is 284 g/mol. The maximum Gasteiger partial charge on any atom is 0.393 e. The van der Waals surface area contributed by atoms with Crippen LogP contribution in [0, 0.1) is 5.92 Å². The Balaban J connectivity index is 2.48. The molecule has 0 aliphatic carbocycles. The molecule has 0 saturated carbocycles. The fourth-order valence-corrected chi connectivity index (χ4v) is 2.39. The van der Waals surface area contributed by atoms with Crippen molar-refractivity contribution < 1.29 is 17.9 Å². The molecule has 0 amide bonds. The van der Waals surface area contributed by atoms with Crippen molar-refractivity contribution in [1.29, 1.82) is 0 Å².